The normalized spacial score (nSPS) is 11.5. The highest BCUT2D eigenvalue weighted by Gasteiger charge is 2.20. The summed E-state index contributed by atoms with van der Waals surface area (Å²) in [6.45, 7) is 2.00. The van der Waals surface area contributed by atoms with E-state index in [4.69, 9.17) is 4.74 Å². The van der Waals surface area contributed by atoms with Crippen LogP contribution in [-0.4, -0.2) is 18.0 Å². The third-order valence-electron chi connectivity index (χ3n) is 4.86. The molecule has 4 aromatic rings. The second kappa shape index (κ2) is 9.45. The monoisotopic (exact) mass is 429 g/mol. The van der Waals surface area contributed by atoms with Crippen LogP contribution in [0.4, 0.5) is 11.4 Å². The Kier molecular flexibility index (Phi) is 6.29. The van der Waals surface area contributed by atoms with Crippen molar-refractivity contribution in [2.45, 2.75) is 13.0 Å². The molecule has 0 aliphatic rings. The molecule has 1 unspecified atom stereocenters. The Balaban J connectivity index is 1.54. The Labute approximate surface area is 185 Å². The lowest BCUT2D eigenvalue weighted by atomic mass is 10.0. The highest BCUT2D eigenvalue weighted by atomic mass is 32.1. The Morgan fingerprint density at radius 2 is 1.61 bits per heavy atom. The molecule has 1 heterocycles. The smallest absolute Gasteiger partial charge is 0.251 e. The summed E-state index contributed by atoms with van der Waals surface area (Å²) in [4.78, 5) is 17.7. The molecule has 156 valence electrons. The fourth-order valence-corrected chi connectivity index (χ4v) is 3.86. The third kappa shape index (κ3) is 5.10. The van der Waals surface area contributed by atoms with Crippen molar-refractivity contribution in [1.29, 1.82) is 0 Å². The number of benzene rings is 3. The molecule has 0 saturated carbocycles. The topological polar surface area (TPSA) is 63.2 Å². The van der Waals surface area contributed by atoms with E-state index in [1.165, 1.54) is 0 Å². The molecule has 0 fully saturated rings. The summed E-state index contributed by atoms with van der Waals surface area (Å²) in [5.41, 5.74) is 4.46. The van der Waals surface area contributed by atoms with Crippen molar-refractivity contribution in [3.8, 4) is 17.0 Å². The van der Waals surface area contributed by atoms with E-state index >= 15 is 0 Å². The van der Waals surface area contributed by atoms with E-state index in [1.807, 2.05) is 91.2 Å². The first-order chi connectivity index (χ1) is 15.1. The number of rotatable bonds is 7. The molecular weight excluding hydrogens is 406 g/mol. The average Bonchev–Trinajstić information content (AvgIpc) is 3.25. The number of nitrogens with one attached hydrogen (secondary N) is 2. The zero-order valence-corrected chi connectivity index (χ0v) is 18.1. The van der Waals surface area contributed by atoms with Crippen molar-refractivity contribution in [3.05, 3.63) is 94.8 Å². The predicted octanol–water partition coefficient (Wildman–Crippen LogP) is 5.92. The number of hydrogen-bond donors (Lipinski definition) is 2. The van der Waals surface area contributed by atoms with Gasteiger partial charge in [0.25, 0.3) is 5.91 Å². The largest absolute Gasteiger partial charge is 0.497 e. The van der Waals surface area contributed by atoms with Crippen LogP contribution in [0.15, 0.2) is 84.2 Å². The number of hydrogen-bond acceptors (Lipinski definition) is 5. The maximum Gasteiger partial charge on any atom is 0.251 e. The predicted molar refractivity (Wildman–Crippen MR) is 127 cm³/mol. The van der Waals surface area contributed by atoms with E-state index in [2.05, 4.69) is 15.6 Å². The van der Waals surface area contributed by atoms with Crippen LogP contribution in [0.5, 0.6) is 5.75 Å². The summed E-state index contributed by atoms with van der Waals surface area (Å²) in [5.74, 6) is 0.599. The number of thiazole rings is 1. The Hall–Kier alpha value is -3.64. The number of ether oxygens (including phenoxy) is 1. The van der Waals surface area contributed by atoms with Crippen molar-refractivity contribution in [3.63, 3.8) is 0 Å². The molecule has 6 heteroatoms. The SMILES string of the molecule is COc1ccc(NC(=O)C(Nc2ccc(-c3csc(C)n3)cc2)c2ccccc2)cc1. The first-order valence-corrected chi connectivity index (χ1v) is 10.8. The zero-order valence-electron chi connectivity index (χ0n) is 17.3. The molecule has 2 N–H and O–H groups in total. The second-order valence-electron chi connectivity index (χ2n) is 7.03. The lowest BCUT2D eigenvalue weighted by Gasteiger charge is -2.20. The van der Waals surface area contributed by atoms with Crippen LogP contribution in [0.3, 0.4) is 0 Å². The average molecular weight is 430 g/mol. The second-order valence-corrected chi connectivity index (χ2v) is 8.10. The van der Waals surface area contributed by atoms with Crippen LogP contribution in [-0.2, 0) is 4.79 Å². The lowest BCUT2D eigenvalue weighted by Crippen LogP contribution is -2.27. The summed E-state index contributed by atoms with van der Waals surface area (Å²) < 4.78 is 5.18. The van der Waals surface area contributed by atoms with Crippen LogP contribution in [0.25, 0.3) is 11.3 Å². The van der Waals surface area contributed by atoms with Gasteiger partial charge < -0.3 is 15.4 Å². The molecule has 1 atom stereocenters. The molecule has 0 radical (unpaired) electrons. The maximum absolute atomic E-state index is 13.1. The fourth-order valence-electron chi connectivity index (χ4n) is 3.23. The number of anilines is 2. The molecule has 0 aliphatic carbocycles. The van der Waals surface area contributed by atoms with Gasteiger partial charge in [-0.25, -0.2) is 4.98 Å². The molecule has 31 heavy (non-hydrogen) atoms. The Morgan fingerprint density at radius 1 is 0.935 bits per heavy atom. The molecule has 1 aromatic heterocycles. The summed E-state index contributed by atoms with van der Waals surface area (Å²) in [6.07, 6.45) is 0. The van der Waals surface area contributed by atoms with Gasteiger partial charge >= 0.3 is 0 Å². The van der Waals surface area contributed by atoms with Gasteiger partial charge in [-0.3, -0.25) is 4.79 Å². The molecule has 3 aromatic carbocycles. The van der Waals surface area contributed by atoms with Crippen LogP contribution in [0.1, 0.15) is 16.6 Å². The highest BCUT2D eigenvalue weighted by molar-refractivity contribution is 7.09. The van der Waals surface area contributed by atoms with E-state index in [0.29, 0.717) is 5.69 Å². The van der Waals surface area contributed by atoms with Crippen molar-refractivity contribution >= 4 is 28.6 Å². The number of carbonyl (C=O) groups is 1. The van der Waals surface area contributed by atoms with Gasteiger partial charge in [0.2, 0.25) is 0 Å². The standard InChI is InChI=1S/C25H23N3O2S/c1-17-26-23(16-31-17)18-8-10-20(11-9-18)27-24(19-6-4-3-5-7-19)25(29)28-21-12-14-22(30-2)15-13-21/h3-16,24,27H,1-2H3,(H,28,29). The number of nitrogens with zero attached hydrogens (tertiary/aromatic N) is 1. The molecule has 0 saturated heterocycles. The molecular formula is C25H23N3O2S. The summed E-state index contributed by atoms with van der Waals surface area (Å²) in [7, 11) is 1.61. The number of aromatic nitrogens is 1. The number of amides is 1. The highest BCUT2D eigenvalue weighted by Crippen LogP contribution is 2.26. The van der Waals surface area contributed by atoms with Crippen LogP contribution < -0.4 is 15.4 Å². The molecule has 4 rings (SSSR count). The first-order valence-electron chi connectivity index (χ1n) is 9.91. The Morgan fingerprint density at radius 3 is 2.23 bits per heavy atom. The van der Waals surface area contributed by atoms with E-state index in [0.717, 1.165) is 33.3 Å². The first kappa shape index (κ1) is 20.6. The van der Waals surface area contributed by atoms with Crippen LogP contribution in [0, 0.1) is 6.92 Å². The molecule has 5 nitrogen and oxygen atoms in total. The van der Waals surface area contributed by atoms with Gasteiger partial charge in [0.05, 0.1) is 17.8 Å². The van der Waals surface area contributed by atoms with Crippen molar-refractivity contribution in [2.75, 3.05) is 17.7 Å². The van der Waals surface area contributed by atoms with E-state index in [1.54, 1.807) is 18.4 Å². The number of methoxy groups -OCH3 is 1. The summed E-state index contributed by atoms with van der Waals surface area (Å²) >= 11 is 1.63. The Bertz CT molecular complexity index is 1140. The van der Waals surface area contributed by atoms with E-state index in [-0.39, 0.29) is 5.91 Å². The van der Waals surface area contributed by atoms with Gasteiger partial charge in [0.15, 0.2) is 0 Å². The minimum absolute atomic E-state index is 0.143. The molecule has 0 bridgehead atoms. The van der Waals surface area contributed by atoms with Crippen LogP contribution in [0.2, 0.25) is 0 Å². The van der Waals surface area contributed by atoms with Crippen LogP contribution >= 0.6 is 11.3 Å². The number of carbonyl (C=O) groups excluding carboxylic acids is 1. The quantitative estimate of drug-likeness (QED) is 0.383. The van der Waals surface area contributed by atoms with E-state index in [9.17, 15) is 4.79 Å². The fraction of sp³-hybridized carbons (Fsp3) is 0.120. The van der Waals surface area contributed by atoms with Gasteiger partial charge in [-0.05, 0) is 48.9 Å². The van der Waals surface area contributed by atoms with Crippen molar-refractivity contribution in [1.82, 2.24) is 4.98 Å². The van der Waals surface area contributed by atoms with Gasteiger partial charge in [-0.2, -0.15) is 0 Å². The lowest BCUT2D eigenvalue weighted by molar-refractivity contribution is -0.117. The van der Waals surface area contributed by atoms with E-state index < -0.39 is 6.04 Å². The molecule has 1 amide bonds. The zero-order chi connectivity index (χ0) is 21.6. The molecule has 0 spiro atoms. The molecule has 0 aliphatic heterocycles. The third-order valence-corrected chi connectivity index (χ3v) is 5.64. The van der Waals surface area contributed by atoms with Gasteiger partial charge in [0.1, 0.15) is 11.8 Å². The summed E-state index contributed by atoms with van der Waals surface area (Å²) in [5, 5.41) is 9.44. The van der Waals surface area contributed by atoms with Crippen molar-refractivity contribution < 1.29 is 9.53 Å². The maximum atomic E-state index is 13.1. The minimum atomic E-state index is -0.546. The van der Waals surface area contributed by atoms with Gasteiger partial charge in [-0.1, -0.05) is 42.5 Å². The van der Waals surface area contributed by atoms with Crippen molar-refractivity contribution in [2.24, 2.45) is 0 Å². The minimum Gasteiger partial charge on any atom is -0.497 e. The van der Waals surface area contributed by atoms with Gasteiger partial charge in [0, 0.05) is 22.3 Å². The number of aryl methyl sites for hydroxylation is 1. The summed E-state index contributed by atoms with van der Waals surface area (Å²) in [6, 6.07) is 24.4. The van der Waals surface area contributed by atoms with Gasteiger partial charge in [-0.15, -0.1) is 11.3 Å².